The van der Waals surface area contributed by atoms with Crippen LogP contribution in [0.3, 0.4) is 0 Å². The number of methoxy groups -OCH3 is 1. The largest absolute Gasteiger partial charge is 0.495 e. The molecule has 2 amide bonds. The van der Waals surface area contributed by atoms with Crippen molar-refractivity contribution in [3.8, 4) is 5.75 Å². The lowest BCUT2D eigenvalue weighted by atomic mass is 10.2. The van der Waals surface area contributed by atoms with Crippen LogP contribution < -0.4 is 15.4 Å². The summed E-state index contributed by atoms with van der Waals surface area (Å²) >= 11 is 0. The second-order valence-electron chi connectivity index (χ2n) is 4.95. The van der Waals surface area contributed by atoms with E-state index in [-0.39, 0.29) is 24.2 Å². The van der Waals surface area contributed by atoms with E-state index in [1.54, 1.807) is 7.11 Å². The van der Waals surface area contributed by atoms with Gasteiger partial charge in [-0.1, -0.05) is 19.9 Å². The summed E-state index contributed by atoms with van der Waals surface area (Å²) in [5.74, 6) is 0.342. The zero-order valence-corrected chi connectivity index (χ0v) is 12.4. The first-order chi connectivity index (χ1) is 9.43. The molecule has 0 aromatic heterocycles. The molecule has 20 heavy (non-hydrogen) atoms. The van der Waals surface area contributed by atoms with Crippen LogP contribution in [-0.2, 0) is 9.59 Å². The Balaban J connectivity index is 2.50. The van der Waals surface area contributed by atoms with Gasteiger partial charge in [-0.2, -0.15) is 0 Å². The lowest BCUT2D eigenvalue weighted by molar-refractivity contribution is -0.124. The number of carbonyl (C=O) groups excluding carboxylic acids is 2. The Kier molecular flexibility index (Phi) is 6.03. The minimum Gasteiger partial charge on any atom is -0.495 e. The second kappa shape index (κ2) is 7.53. The molecule has 1 aromatic carbocycles. The molecule has 110 valence electrons. The summed E-state index contributed by atoms with van der Waals surface area (Å²) in [6.45, 7) is 5.90. The number of ether oxygens (including phenoxy) is 1. The van der Waals surface area contributed by atoms with Gasteiger partial charge in [0.2, 0.25) is 11.8 Å². The number of hydrogen-bond donors (Lipinski definition) is 2. The normalized spacial score (nSPS) is 10.2. The number of aryl methyl sites for hydroxylation is 1. The van der Waals surface area contributed by atoms with Crippen molar-refractivity contribution in [2.45, 2.75) is 27.2 Å². The minimum absolute atomic E-state index is 0.0501. The fourth-order valence-corrected chi connectivity index (χ4v) is 1.64. The monoisotopic (exact) mass is 278 g/mol. The Hall–Kier alpha value is -2.04. The number of hydrogen-bond acceptors (Lipinski definition) is 3. The number of rotatable bonds is 6. The number of nitrogens with one attached hydrogen (secondary N) is 2. The summed E-state index contributed by atoms with van der Waals surface area (Å²) in [5.41, 5.74) is 1.68. The van der Waals surface area contributed by atoms with Gasteiger partial charge in [0.25, 0.3) is 0 Å². The number of amides is 2. The number of carbonyl (C=O) groups is 2. The lowest BCUT2D eigenvalue weighted by Gasteiger charge is -2.11. The standard InChI is InChI=1S/C15H22N2O3/c1-10(2)15(19)16-8-7-14(18)17-12-9-11(3)5-6-13(12)20-4/h5-6,9-10H,7-8H2,1-4H3,(H,16,19)(H,17,18). The van der Waals surface area contributed by atoms with E-state index in [1.165, 1.54) is 0 Å². The molecule has 0 bridgehead atoms. The molecule has 0 spiro atoms. The Morgan fingerprint density at radius 2 is 2.00 bits per heavy atom. The third-order valence-corrected chi connectivity index (χ3v) is 2.80. The van der Waals surface area contributed by atoms with E-state index in [1.807, 2.05) is 39.0 Å². The van der Waals surface area contributed by atoms with Gasteiger partial charge in [0.15, 0.2) is 0 Å². The summed E-state index contributed by atoms with van der Waals surface area (Å²) in [6.07, 6.45) is 0.232. The van der Waals surface area contributed by atoms with Gasteiger partial charge in [0.05, 0.1) is 12.8 Å². The predicted molar refractivity (Wildman–Crippen MR) is 78.8 cm³/mol. The van der Waals surface area contributed by atoms with Crippen molar-refractivity contribution >= 4 is 17.5 Å². The average molecular weight is 278 g/mol. The molecule has 0 saturated heterocycles. The quantitative estimate of drug-likeness (QED) is 0.837. The van der Waals surface area contributed by atoms with Crippen LogP contribution in [0.2, 0.25) is 0 Å². The first-order valence-electron chi connectivity index (χ1n) is 6.66. The SMILES string of the molecule is COc1ccc(C)cc1NC(=O)CCNC(=O)C(C)C. The molecule has 0 aliphatic heterocycles. The van der Waals surface area contributed by atoms with Crippen molar-refractivity contribution in [2.75, 3.05) is 19.0 Å². The molecular weight excluding hydrogens is 256 g/mol. The van der Waals surface area contributed by atoms with E-state index in [0.717, 1.165) is 5.56 Å². The maximum atomic E-state index is 11.8. The van der Waals surface area contributed by atoms with Crippen molar-refractivity contribution in [1.82, 2.24) is 5.32 Å². The van der Waals surface area contributed by atoms with Crippen LogP contribution in [-0.4, -0.2) is 25.5 Å². The number of anilines is 1. The molecule has 0 fully saturated rings. The van der Waals surface area contributed by atoms with Crippen LogP contribution >= 0.6 is 0 Å². The fourth-order valence-electron chi connectivity index (χ4n) is 1.64. The highest BCUT2D eigenvalue weighted by Crippen LogP contribution is 2.25. The molecule has 0 saturated carbocycles. The van der Waals surface area contributed by atoms with Gasteiger partial charge in [-0.15, -0.1) is 0 Å². The van der Waals surface area contributed by atoms with Gasteiger partial charge < -0.3 is 15.4 Å². The first-order valence-corrected chi connectivity index (χ1v) is 6.66. The van der Waals surface area contributed by atoms with E-state index >= 15 is 0 Å². The molecule has 0 aliphatic carbocycles. The van der Waals surface area contributed by atoms with Gasteiger partial charge in [-0.3, -0.25) is 9.59 Å². The summed E-state index contributed by atoms with van der Waals surface area (Å²) in [4.78, 5) is 23.2. The molecule has 2 N–H and O–H groups in total. The Labute approximate surface area is 119 Å². The van der Waals surface area contributed by atoms with E-state index in [9.17, 15) is 9.59 Å². The first kappa shape index (κ1) is 16.0. The van der Waals surface area contributed by atoms with Gasteiger partial charge >= 0.3 is 0 Å². The Morgan fingerprint density at radius 1 is 1.30 bits per heavy atom. The van der Waals surface area contributed by atoms with Crippen LogP contribution in [0.5, 0.6) is 5.75 Å². The molecule has 0 unspecified atom stereocenters. The highest BCUT2D eigenvalue weighted by Gasteiger charge is 2.09. The summed E-state index contributed by atoms with van der Waals surface area (Å²) in [7, 11) is 1.56. The zero-order valence-electron chi connectivity index (χ0n) is 12.4. The van der Waals surface area contributed by atoms with Gasteiger partial charge in [-0.05, 0) is 24.6 Å². The van der Waals surface area contributed by atoms with E-state index in [0.29, 0.717) is 18.0 Å². The second-order valence-corrected chi connectivity index (χ2v) is 4.95. The highest BCUT2D eigenvalue weighted by molar-refractivity contribution is 5.92. The van der Waals surface area contributed by atoms with Crippen LogP contribution in [0.25, 0.3) is 0 Å². The summed E-state index contributed by atoms with van der Waals surface area (Å²) in [6, 6.07) is 5.58. The average Bonchev–Trinajstić information content (AvgIpc) is 2.38. The predicted octanol–water partition coefficient (Wildman–Crippen LogP) is 2.10. The molecule has 5 heteroatoms. The minimum atomic E-state index is -0.155. The highest BCUT2D eigenvalue weighted by atomic mass is 16.5. The van der Waals surface area contributed by atoms with Crippen molar-refractivity contribution in [2.24, 2.45) is 5.92 Å². The maximum Gasteiger partial charge on any atom is 0.226 e. The van der Waals surface area contributed by atoms with Crippen molar-refractivity contribution in [3.05, 3.63) is 23.8 Å². The lowest BCUT2D eigenvalue weighted by Crippen LogP contribution is -2.30. The molecule has 0 heterocycles. The summed E-state index contributed by atoms with van der Waals surface area (Å²) < 4.78 is 5.19. The molecular formula is C15H22N2O3. The molecule has 1 aromatic rings. The smallest absolute Gasteiger partial charge is 0.226 e. The van der Waals surface area contributed by atoms with Gasteiger partial charge in [0, 0.05) is 18.9 Å². The number of benzene rings is 1. The van der Waals surface area contributed by atoms with E-state index < -0.39 is 0 Å². The Morgan fingerprint density at radius 3 is 2.60 bits per heavy atom. The molecule has 0 radical (unpaired) electrons. The van der Waals surface area contributed by atoms with E-state index in [4.69, 9.17) is 4.74 Å². The fraction of sp³-hybridized carbons (Fsp3) is 0.467. The van der Waals surface area contributed by atoms with Gasteiger partial charge in [-0.25, -0.2) is 0 Å². The molecule has 0 aliphatic rings. The molecule has 5 nitrogen and oxygen atoms in total. The van der Waals surface area contributed by atoms with Crippen molar-refractivity contribution in [1.29, 1.82) is 0 Å². The van der Waals surface area contributed by atoms with Crippen LogP contribution in [0, 0.1) is 12.8 Å². The van der Waals surface area contributed by atoms with Crippen LogP contribution in [0.4, 0.5) is 5.69 Å². The van der Waals surface area contributed by atoms with Crippen molar-refractivity contribution in [3.63, 3.8) is 0 Å². The maximum absolute atomic E-state index is 11.8. The van der Waals surface area contributed by atoms with Gasteiger partial charge in [0.1, 0.15) is 5.75 Å². The van der Waals surface area contributed by atoms with Crippen molar-refractivity contribution < 1.29 is 14.3 Å². The third-order valence-electron chi connectivity index (χ3n) is 2.80. The Bertz CT molecular complexity index is 484. The topological polar surface area (TPSA) is 67.4 Å². The third kappa shape index (κ3) is 4.91. The molecule has 1 rings (SSSR count). The molecule has 0 atom stereocenters. The van der Waals surface area contributed by atoms with Crippen LogP contribution in [0.15, 0.2) is 18.2 Å². The summed E-state index contributed by atoms with van der Waals surface area (Å²) in [5, 5.41) is 5.50. The zero-order chi connectivity index (χ0) is 15.1. The van der Waals surface area contributed by atoms with E-state index in [2.05, 4.69) is 10.6 Å². The van der Waals surface area contributed by atoms with Crippen LogP contribution in [0.1, 0.15) is 25.8 Å².